The highest BCUT2D eigenvalue weighted by molar-refractivity contribution is 5.90. The maximum absolute atomic E-state index is 13.1. The molecule has 0 spiro atoms. The molecule has 2 aromatic rings. The van der Waals surface area contributed by atoms with E-state index in [2.05, 4.69) is 5.32 Å². The number of nitrogens with zero attached hydrogens (tertiary/aromatic N) is 1. The second-order valence-electron chi connectivity index (χ2n) is 8.19. The van der Waals surface area contributed by atoms with E-state index >= 15 is 0 Å². The lowest BCUT2D eigenvalue weighted by molar-refractivity contribution is -0.136. The largest absolute Gasteiger partial charge is 0.418 e. The van der Waals surface area contributed by atoms with Crippen LogP contribution in [-0.2, 0) is 12.6 Å². The van der Waals surface area contributed by atoms with Crippen LogP contribution in [0.2, 0.25) is 0 Å². The molecule has 0 unspecified atom stereocenters. The van der Waals surface area contributed by atoms with Gasteiger partial charge < -0.3 is 15.3 Å². The summed E-state index contributed by atoms with van der Waals surface area (Å²) in [4.78, 5) is 14.1. The van der Waals surface area contributed by atoms with Crippen molar-refractivity contribution in [3.05, 3.63) is 65.7 Å². The zero-order chi connectivity index (χ0) is 20.6. The zero-order valence-corrected chi connectivity index (χ0v) is 15.8. The van der Waals surface area contributed by atoms with Gasteiger partial charge in [0.05, 0.1) is 16.9 Å². The van der Waals surface area contributed by atoms with Crippen LogP contribution in [0.15, 0.2) is 54.6 Å². The van der Waals surface area contributed by atoms with Crippen LogP contribution in [0.1, 0.15) is 24.0 Å². The summed E-state index contributed by atoms with van der Waals surface area (Å²) >= 11 is 0. The second kappa shape index (κ2) is 7.37. The number of carbonyl (C=O) groups excluding carboxylic acids is 1. The lowest BCUT2D eigenvalue weighted by Crippen LogP contribution is -2.37. The average Bonchev–Trinajstić information content (AvgIpc) is 3.17. The summed E-state index contributed by atoms with van der Waals surface area (Å²) in [7, 11) is 0. The van der Waals surface area contributed by atoms with Gasteiger partial charge in [0.15, 0.2) is 0 Å². The van der Waals surface area contributed by atoms with E-state index in [0.29, 0.717) is 32.4 Å². The Morgan fingerprint density at radius 3 is 2.24 bits per heavy atom. The van der Waals surface area contributed by atoms with Crippen molar-refractivity contribution in [3.63, 3.8) is 0 Å². The molecular formula is C22H23F3N2O2. The molecule has 1 heterocycles. The van der Waals surface area contributed by atoms with Crippen LogP contribution in [0.5, 0.6) is 0 Å². The first kappa shape index (κ1) is 19.8. The zero-order valence-electron chi connectivity index (χ0n) is 15.8. The molecule has 0 radical (unpaired) electrons. The Balaban J connectivity index is 1.38. The Labute approximate surface area is 167 Å². The summed E-state index contributed by atoms with van der Waals surface area (Å²) in [5, 5.41) is 13.4. The van der Waals surface area contributed by atoms with Crippen LogP contribution in [0.4, 0.5) is 23.7 Å². The number of halogens is 3. The monoisotopic (exact) mass is 404 g/mol. The SMILES string of the molecule is O=C(Nc1ccccc1C(F)(F)F)N1C[C@@H]2C[C@@](O)(Cc3ccccc3)C[C@@H]2C1. The van der Waals surface area contributed by atoms with E-state index in [1.165, 1.54) is 18.2 Å². The quantitative estimate of drug-likeness (QED) is 0.789. The van der Waals surface area contributed by atoms with Gasteiger partial charge in [0.25, 0.3) is 0 Å². The van der Waals surface area contributed by atoms with E-state index in [-0.39, 0.29) is 17.5 Å². The summed E-state index contributed by atoms with van der Waals surface area (Å²) in [5.41, 5.74) is -0.803. The molecule has 29 heavy (non-hydrogen) atoms. The van der Waals surface area contributed by atoms with E-state index in [9.17, 15) is 23.1 Å². The molecule has 2 aliphatic rings. The van der Waals surface area contributed by atoms with Crippen molar-refractivity contribution in [3.8, 4) is 0 Å². The lowest BCUT2D eigenvalue weighted by Gasteiger charge is -2.26. The van der Waals surface area contributed by atoms with E-state index < -0.39 is 23.4 Å². The van der Waals surface area contributed by atoms with Crippen LogP contribution in [0, 0.1) is 11.8 Å². The molecule has 2 aromatic carbocycles. The van der Waals surface area contributed by atoms with Gasteiger partial charge in [0, 0.05) is 19.5 Å². The minimum Gasteiger partial charge on any atom is -0.390 e. The number of likely N-dealkylation sites (tertiary alicyclic amines) is 1. The number of urea groups is 1. The second-order valence-corrected chi connectivity index (χ2v) is 8.19. The topological polar surface area (TPSA) is 52.6 Å². The molecule has 2 amide bonds. The molecule has 7 heteroatoms. The Kier molecular flexibility index (Phi) is 5.02. The number of carbonyl (C=O) groups is 1. The number of nitrogens with one attached hydrogen (secondary N) is 1. The van der Waals surface area contributed by atoms with Crippen molar-refractivity contribution in [1.29, 1.82) is 0 Å². The number of aliphatic hydroxyl groups is 1. The standard InChI is InChI=1S/C22H23F3N2O2/c23-22(24,25)18-8-4-5-9-19(18)26-20(28)27-13-16-11-21(29,12-17(16)14-27)10-15-6-2-1-3-7-15/h1-9,16-17,29H,10-14H2,(H,26,28)/t16-,17+,21-. The molecule has 2 fully saturated rings. The minimum absolute atomic E-state index is 0.160. The molecule has 1 saturated carbocycles. The third-order valence-electron chi connectivity index (χ3n) is 6.00. The number of hydrogen-bond donors (Lipinski definition) is 2. The fourth-order valence-corrected chi connectivity index (χ4v) is 4.78. The number of fused-ring (bicyclic) bond motifs is 1. The number of para-hydroxylation sites is 1. The lowest BCUT2D eigenvalue weighted by atomic mass is 9.91. The summed E-state index contributed by atoms with van der Waals surface area (Å²) in [6.45, 7) is 0.892. The molecule has 1 aliphatic carbocycles. The van der Waals surface area contributed by atoms with Gasteiger partial charge in [-0.15, -0.1) is 0 Å². The predicted octanol–water partition coefficient (Wildman–Crippen LogP) is 4.55. The Morgan fingerprint density at radius 2 is 1.62 bits per heavy atom. The van der Waals surface area contributed by atoms with Crippen molar-refractivity contribution < 1.29 is 23.1 Å². The molecule has 1 saturated heterocycles. The number of amides is 2. The summed E-state index contributed by atoms with van der Waals surface area (Å²) in [6, 6.07) is 14.3. The van der Waals surface area contributed by atoms with Gasteiger partial charge in [-0.3, -0.25) is 0 Å². The third kappa shape index (κ3) is 4.24. The molecule has 4 rings (SSSR count). The number of benzene rings is 2. The number of alkyl halides is 3. The summed E-state index contributed by atoms with van der Waals surface area (Å²) in [6.07, 6.45) is -2.77. The summed E-state index contributed by atoms with van der Waals surface area (Å²) in [5.74, 6) is 0.319. The van der Waals surface area contributed by atoms with Gasteiger partial charge in [-0.1, -0.05) is 42.5 Å². The first-order chi connectivity index (χ1) is 13.7. The van der Waals surface area contributed by atoms with Crippen LogP contribution in [0.25, 0.3) is 0 Å². The normalized spacial score (nSPS) is 26.4. The van der Waals surface area contributed by atoms with Gasteiger partial charge in [0.1, 0.15) is 0 Å². The molecule has 2 N–H and O–H groups in total. The highest BCUT2D eigenvalue weighted by atomic mass is 19.4. The molecule has 0 aromatic heterocycles. The first-order valence-corrected chi connectivity index (χ1v) is 9.72. The Bertz CT molecular complexity index is 871. The van der Waals surface area contributed by atoms with Crippen LogP contribution in [-0.4, -0.2) is 34.7 Å². The van der Waals surface area contributed by atoms with Gasteiger partial charge in [-0.25, -0.2) is 4.79 Å². The van der Waals surface area contributed by atoms with Crippen LogP contribution in [0.3, 0.4) is 0 Å². The van der Waals surface area contributed by atoms with Gasteiger partial charge >= 0.3 is 12.2 Å². The Morgan fingerprint density at radius 1 is 1.03 bits per heavy atom. The number of anilines is 1. The predicted molar refractivity (Wildman–Crippen MR) is 103 cm³/mol. The van der Waals surface area contributed by atoms with E-state index in [0.717, 1.165) is 11.6 Å². The highest BCUT2D eigenvalue weighted by Gasteiger charge is 2.49. The molecular weight excluding hydrogens is 381 g/mol. The first-order valence-electron chi connectivity index (χ1n) is 9.72. The third-order valence-corrected chi connectivity index (χ3v) is 6.00. The average molecular weight is 404 g/mol. The van der Waals surface area contributed by atoms with E-state index in [1.54, 1.807) is 4.90 Å². The smallest absolute Gasteiger partial charge is 0.390 e. The summed E-state index contributed by atoms with van der Waals surface area (Å²) < 4.78 is 39.4. The van der Waals surface area contributed by atoms with Crippen molar-refractivity contribution >= 4 is 11.7 Å². The van der Waals surface area contributed by atoms with Crippen molar-refractivity contribution in [1.82, 2.24) is 4.90 Å². The van der Waals surface area contributed by atoms with Gasteiger partial charge in [-0.2, -0.15) is 13.2 Å². The van der Waals surface area contributed by atoms with E-state index in [4.69, 9.17) is 0 Å². The number of hydrogen-bond acceptors (Lipinski definition) is 2. The molecule has 3 atom stereocenters. The molecule has 4 nitrogen and oxygen atoms in total. The van der Waals surface area contributed by atoms with Crippen molar-refractivity contribution in [2.45, 2.75) is 31.0 Å². The minimum atomic E-state index is -4.53. The number of rotatable bonds is 3. The fourth-order valence-electron chi connectivity index (χ4n) is 4.78. The molecule has 154 valence electrons. The fraction of sp³-hybridized carbons (Fsp3) is 0.409. The Hall–Kier alpha value is -2.54. The van der Waals surface area contributed by atoms with Crippen LogP contribution < -0.4 is 5.32 Å². The van der Waals surface area contributed by atoms with Gasteiger partial charge in [-0.05, 0) is 42.4 Å². The van der Waals surface area contributed by atoms with Crippen molar-refractivity contribution in [2.75, 3.05) is 18.4 Å². The van der Waals surface area contributed by atoms with Gasteiger partial charge in [0.2, 0.25) is 0 Å². The van der Waals surface area contributed by atoms with E-state index in [1.807, 2.05) is 30.3 Å². The highest BCUT2D eigenvalue weighted by Crippen LogP contribution is 2.45. The van der Waals surface area contributed by atoms with Crippen molar-refractivity contribution in [2.24, 2.45) is 11.8 Å². The maximum Gasteiger partial charge on any atom is 0.418 e. The molecule has 0 bridgehead atoms. The molecule has 1 aliphatic heterocycles. The van der Waals surface area contributed by atoms with Crippen LogP contribution >= 0.6 is 0 Å². The maximum atomic E-state index is 13.1.